The van der Waals surface area contributed by atoms with Crippen LogP contribution < -0.4 is 9.62 Å². The van der Waals surface area contributed by atoms with E-state index in [4.69, 9.17) is 0 Å². The summed E-state index contributed by atoms with van der Waals surface area (Å²) in [6.45, 7) is 8.06. The van der Waals surface area contributed by atoms with E-state index in [9.17, 15) is 18.0 Å². The number of hydrogen-bond acceptors (Lipinski definition) is 4. The minimum Gasteiger partial charge on any atom is -0.354 e. The van der Waals surface area contributed by atoms with E-state index < -0.39 is 28.5 Å². The Morgan fingerprint density at radius 2 is 1.80 bits per heavy atom. The smallest absolute Gasteiger partial charge is 0.244 e. The van der Waals surface area contributed by atoms with Crippen molar-refractivity contribution in [2.45, 2.75) is 59.5 Å². The predicted octanol–water partition coefficient (Wildman–Crippen LogP) is 4.56. The van der Waals surface area contributed by atoms with E-state index in [0.717, 1.165) is 44.6 Å². The third-order valence-electron chi connectivity index (χ3n) is 5.76. The molecule has 0 aliphatic heterocycles. The van der Waals surface area contributed by atoms with Crippen molar-refractivity contribution in [1.29, 1.82) is 0 Å². The van der Waals surface area contributed by atoms with Gasteiger partial charge < -0.3 is 10.2 Å². The van der Waals surface area contributed by atoms with Crippen LogP contribution in [-0.2, 0) is 26.2 Å². The van der Waals surface area contributed by atoms with Gasteiger partial charge in [-0.3, -0.25) is 13.9 Å². The lowest BCUT2D eigenvalue weighted by Gasteiger charge is -2.33. The number of aryl methyl sites for hydroxylation is 2. The van der Waals surface area contributed by atoms with Crippen LogP contribution in [0.25, 0.3) is 0 Å². The number of nitrogens with zero attached hydrogens (tertiary/aromatic N) is 2. The van der Waals surface area contributed by atoms with E-state index in [1.807, 2.05) is 52.0 Å². The Morgan fingerprint density at radius 3 is 2.37 bits per heavy atom. The average molecular weight is 567 g/mol. The van der Waals surface area contributed by atoms with Gasteiger partial charge in [0.15, 0.2) is 0 Å². The van der Waals surface area contributed by atoms with Crippen molar-refractivity contribution < 1.29 is 18.0 Å². The molecule has 0 spiro atoms. The van der Waals surface area contributed by atoms with Crippen LogP contribution in [-0.4, -0.2) is 50.5 Å². The summed E-state index contributed by atoms with van der Waals surface area (Å²) in [6, 6.07) is 12.2. The lowest BCUT2D eigenvalue weighted by atomic mass is 10.1. The van der Waals surface area contributed by atoms with Crippen LogP contribution in [0.1, 0.15) is 49.8 Å². The van der Waals surface area contributed by atoms with Crippen molar-refractivity contribution in [2.75, 3.05) is 23.7 Å². The van der Waals surface area contributed by atoms with Crippen molar-refractivity contribution >= 4 is 43.5 Å². The van der Waals surface area contributed by atoms with Gasteiger partial charge in [0.25, 0.3) is 0 Å². The summed E-state index contributed by atoms with van der Waals surface area (Å²) in [4.78, 5) is 28.2. The van der Waals surface area contributed by atoms with Gasteiger partial charge in [-0.05, 0) is 56.0 Å². The lowest BCUT2D eigenvalue weighted by Crippen LogP contribution is -2.52. The van der Waals surface area contributed by atoms with Crippen LogP contribution >= 0.6 is 15.9 Å². The number of amides is 2. The van der Waals surface area contributed by atoms with Gasteiger partial charge in [-0.25, -0.2) is 8.42 Å². The van der Waals surface area contributed by atoms with Crippen molar-refractivity contribution in [2.24, 2.45) is 0 Å². The minimum atomic E-state index is -3.76. The first kappa shape index (κ1) is 28.8. The molecule has 0 aromatic heterocycles. The fraction of sp³-hybridized carbons (Fsp3) is 0.462. The molecule has 0 heterocycles. The van der Waals surface area contributed by atoms with E-state index in [1.165, 1.54) is 4.90 Å². The normalized spacial score (nSPS) is 12.2. The van der Waals surface area contributed by atoms with Crippen LogP contribution in [0.15, 0.2) is 46.9 Å². The van der Waals surface area contributed by atoms with Crippen LogP contribution in [0.2, 0.25) is 0 Å². The number of anilines is 1. The molecule has 192 valence electrons. The van der Waals surface area contributed by atoms with Gasteiger partial charge in [0.2, 0.25) is 21.8 Å². The molecule has 1 N–H and O–H groups in total. The molecule has 9 heteroatoms. The summed E-state index contributed by atoms with van der Waals surface area (Å²) >= 11 is 3.43. The molecule has 0 saturated carbocycles. The molecular formula is C26H36BrN3O4S. The summed E-state index contributed by atoms with van der Waals surface area (Å²) in [6.07, 6.45) is 3.28. The maximum atomic E-state index is 13.7. The molecule has 2 rings (SSSR count). The fourth-order valence-corrected chi connectivity index (χ4v) is 4.92. The Labute approximate surface area is 218 Å². The first-order valence-corrected chi connectivity index (χ1v) is 14.5. The van der Waals surface area contributed by atoms with E-state index >= 15 is 0 Å². The van der Waals surface area contributed by atoms with Gasteiger partial charge in [0, 0.05) is 17.6 Å². The SMILES string of the molecule is CCCCNC(=O)[C@@H](CC)N(Cc1cccc(C)c1)C(=O)CN(c1ccc(Br)c(C)c1)S(C)(=O)=O. The highest BCUT2D eigenvalue weighted by Crippen LogP contribution is 2.25. The van der Waals surface area contributed by atoms with Crippen molar-refractivity contribution in [3.63, 3.8) is 0 Å². The fourth-order valence-electron chi connectivity index (χ4n) is 3.83. The van der Waals surface area contributed by atoms with Crippen LogP contribution in [0.5, 0.6) is 0 Å². The van der Waals surface area contributed by atoms with Crippen LogP contribution in [0.3, 0.4) is 0 Å². The summed E-state index contributed by atoms with van der Waals surface area (Å²) < 4.78 is 27.3. The van der Waals surface area contributed by atoms with Gasteiger partial charge in [0.1, 0.15) is 12.6 Å². The molecule has 0 fully saturated rings. The molecule has 2 amide bonds. The third-order valence-corrected chi connectivity index (χ3v) is 7.79. The summed E-state index contributed by atoms with van der Waals surface area (Å²) in [7, 11) is -3.76. The first-order chi connectivity index (χ1) is 16.5. The Balaban J connectivity index is 2.42. The van der Waals surface area contributed by atoms with Gasteiger partial charge >= 0.3 is 0 Å². The Bertz CT molecular complexity index is 1140. The van der Waals surface area contributed by atoms with Crippen LogP contribution in [0, 0.1) is 13.8 Å². The molecule has 2 aromatic carbocycles. The molecule has 0 aliphatic rings. The standard InChI is InChI=1S/C26H36BrN3O4S/c1-6-8-14-28-26(32)24(7-2)29(17-21-11-9-10-19(3)15-21)25(31)18-30(35(5,33)34)22-12-13-23(27)20(4)16-22/h9-13,15-16,24H,6-8,14,17-18H2,1-5H3,(H,28,32)/t24-/m1/s1. The maximum absolute atomic E-state index is 13.7. The zero-order valence-corrected chi connectivity index (χ0v) is 23.6. The highest BCUT2D eigenvalue weighted by molar-refractivity contribution is 9.10. The first-order valence-electron chi connectivity index (χ1n) is 11.8. The maximum Gasteiger partial charge on any atom is 0.244 e. The van der Waals surface area contributed by atoms with Crippen molar-refractivity contribution in [3.05, 3.63) is 63.6 Å². The van der Waals surface area contributed by atoms with Crippen molar-refractivity contribution in [1.82, 2.24) is 10.2 Å². The van der Waals surface area contributed by atoms with Crippen LogP contribution in [0.4, 0.5) is 5.69 Å². The molecule has 0 unspecified atom stereocenters. The predicted molar refractivity (Wildman–Crippen MR) is 145 cm³/mol. The average Bonchev–Trinajstić information content (AvgIpc) is 2.78. The highest BCUT2D eigenvalue weighted by atomic mass is 79.9. The number of unbranched alkanes of at least 4 members (excludes halogenated alkanes) is 1. The summed E-state index contributed by atoms with van der Waals surface area (Å²) in [5.41, 5.74) is 3.17. The Morgan fingerprint density at radius 1 is 1.09 bits per heavy atom. The molecular weight excluding hydrogens is 530 g/mol. The molecule has 0 aliphatic carbocycles. The number of benzene rings is 2. The van der Waals surface area contributed by atoms with E-state index in [0.29, 0.717) is 18.7 Å². The van der Waals surface area contributed by atoms with Crippen molar-refractivity contribution in [3.8, 4) is 0 Å². The molecule has 2 aromatic rings. The van der Waals surface area contributed by atoms with Gasteiger partial charge in [0.05, 0.1) is 11.9 Å². The minimum absolute atomic E-state index is 0.206. The van der Waals surface area contributed by atoms with E-state index in [1.54, 1.807) is 18.2 Å². The van der Waals surface area contributed by atoms with Gasteiger partial charge in [-0.2, -0.15) is 0 Å². The monoisotopic (exact) mass is 565 g/mol. The molecule has 0 radical (unpaired) electrons. The molecule has 35 heavy (non-hydrogen) atoms. The number of hydrogen-bond donors (Lipinski definition) is 1. The number of rotatable bonds is 12. The second-order valence-corrected chi connectivity index (χ2v) is 11.5. The zero-order chi connectivity index (χ0) is 26.2. The van der Waals surface area contributed by atoms with E-state index in [2.05, 4.69) is 21.2 Å². The van der Waals surface area contributed by atoms with E-state index in [-0.39, 0.29) is 12.5 Å². The van der Waals surface area contributed by atoms with Gasteiger partial charge in [-0.15, -0.1) is 0 Å². The topological polar surface area (TPSA) is 86.8 Å². The zero-order valence-electron chi connectivity index (χ0n) is 21.2. The molecule has 1 atom stereocenters. The third kappa shape index (κ3) is 8.35. The lowest BCUT2D eigenvalue weighted by molar-refractivity contribution is -0.140. The number of nitrogens with one attached hydrogen (secondary N) is 1. The second kappa shape index (κ2) is 13.1. The highest BCUT2D eigenvalue weighted by Gasteiger charge is 2.31. The number of sulfonamides is 1. The van der Waals surface area contributed by atoms with Gasteiger partial charge in [-0.1, -0.05) is 66.0 Å². The number of carbonyl (C=O) groups excluding carboxylic acids is 2. The second-order valence-electron chi connectivity index (χ2n) is 8.78. The quantitative estimate of drug-likeness (QED) is 0.382. The Hall–Kier alpha value is -2.39. The largest absolute Gasteiger partial charge is 0.354 e. The summed E-state index contributed by atoms with van der Waals surface area (Å²) in [5.74, 6) is -0.665. The Kier molecular flexibility index (Phi) is 10.8. The number of carbonyl (C=O) groups is 2. The summed E-state index contributed by atoms with van der Waals surface area (Å²) in [5, 5.41) is 2.93. The number of halogens is 1. The molecule has 0 bridgehead atoms. The molecule has 0 saturated heterocycles. The molecule has 7 nitrogen and oxygen atoms in total.